The molecule has 0 aliphatic carbocycles. The van der Waals surface area contributed by atoms with Crippen molar-refractivity contribution in [1.82, 2.24) is 9.80 Å². The Labute approximate surface area is 156 Å². The summed E-state index contributed by atoms with van der Waals surface area (Å²) in [5.41, 5.74) is 0.152. The molecule has 1 aromatic carbocycles. The molecule has 1 aliphatic heterocycles. The van der Waals surface area contributed by atoms with Gasteiger partial charge in [0.25, 0.3) is 5.69 Å². The third-order valence-electron chi connectivity index (χ3n) is 4.65. The summed E-state index contributed by atoms with van der Waals surface area (Å²) < 4.78 is 0. The fraction of sp³-hybridized carbons (Fsp3) is 0.389. The largest absolute Gasteiger partial charge is 0.319 e. The zero-order chi connectivity index (χ0) is 18.5. The van der Waals surface area contributed by atoms with Crippen molar-refractivity contribution in [3.63, 3.8) is 0 Å². The van der Waals surface area contributed by atoms with Gasteiger partial charge in [0.15, 0.2) is 0 Å². The molecular formula is C18H22N4O3S. The highest BCUT2D eigenvalue weighted by atomic mass is 32.1. The summed E-state index contributed by atoms with van der Waals surface area (Å²) in [6.07, 6.45) is 0. The van der Waals surface area contributed by atoms with Crippen LogP contribution in [0.4, 0.5) is 11.4 Å². The number of anilines is 1. The summed E-state index contributed by atoms with van der Waals surface area (Å²) in [6.45, 7) is 6.21. The minimum absolute atomic E-state index is 0.0891. The van der Waals surface area contributed by atoms with Crippen molar-refractivity contribution in [3.05, 3.63) is 56.8 Å². The maximum Gasteiger partial charge on any atom is 0.292 e. The van der Waals surface area contributed by atoms with Crippen LogP contribution in [0.2, 0.25) is 0 Å². The van der Waals surface area contributed by atoms with Gasteiger partial charge >= 0.3 is 0 Å². The van der Waals surface area contributed by atoms with E-state index in [4.69, 9.17) is 0 Å². The van der Waals surface area contributed by atoms with Gasteiger partial charge in [0.05, 0.1) is 11.0 Å². The van der Waals surface area contributed by atoms with Gasteiger partial charge in [0.1, 0.15) is 5.69 Å². The molecule has 1 atom stereocenters. The van der Waals surface area contributed by atoms with Crippen LogP contribution in [0.1, 0.15) is 11.8 Å². The van der Waals surface area contributed by atoms with Crippen LogP contribution in [0, 0.1) is 10.1 Å². The number of piperazine rings is 1. The first-order valence-corrected chi connectivity index (χ1v) is 9.45. The lowest BCUT2D eigenvalue weighted by molar-refractivity contribution is -0.383. The van der Waals surface area contributed by atoms with Crippen molar-refractivity contribution in [2.45, 2.75) is 19.5 Å². The summed E-state index contributed by atoms with van der Waals surface area (Å²) in [4.78, 5) is 29.0. The number of para-hydroxylation sites is 2. The smallest absolute Gasteiger partial charge is 0.292 e. The highest BCUT2D eigenvalue weighted by molar-refractivity contribution is 7.09. The average molecular weight is 374 g/mol. The van der Waals surface area contributed by atoms with Gasteiger partial charge in [-0.25, -0.2) is 0 Å². The summed E-state index contributed by atoms with van der Waals surface area (Å²) in [5.74, 6) is -0.217. The molecule has 1 aliphatic rings. The molecule has 0 unspecified atom stereocenters. The van der Waals surface area contributed by atoms with E-state index >= 15 is 0 Å². The van der Waals surface area contributed by atoms with Crippen LogP contribution < -0.4 is 5.32 Å². The Morgan fingerprint density at radius 3 is 2.62 bits per heavy atom. The Balaban J connectivity index is 1.54. The van der Waals surface area contributed by atoms with E-state index in [1.807, 2.05) is 6.92 Å². The van der Waals surface area contributed by atoms with E-state index in [-0.39, 0.29) is 23.3 Å². The zero-order valence-electron chi connectivity index (χ0n) is 14.6. The van der Waals surface area contributed by atoms with Gasteiger partial charge in [-0.15, -0.1) is 11.3 Å². The van der Waals surface area contributed by atoms with Crippen LogP contribution in [0.15, 0.2) is 41.8 Å². The predicted molar refractivity (Wildman–Crippen MR) is 102 cm³/mol. The average Bonchev–Trinajstić information content (AvgIpc) is 3.15. The summed E-state index contributed by atoms with van der Waals surface area (Å²) >= 11 is 1.76. The lowest BCUT2D eigenvalue weighted by Crippen LogP contribution is -2.52. The number of rotatable bonds is 6. The normalized spacial score (nSPS) is 17.0. The molecular weight excluding hydrogens is 352 g/mol. The predicted octanol–water partition coefficient (Wildman–Crippen LogP) is 2.80. The van der Waals surface area contributed by atoms with Crippen molar-refractivity contribution in [3.8, 4) is 0 Å². The standard InChI is InChI=1S/C18H22N4O3S/c1-14(18(23)19-16-6-2-3-7-17(16)22(24)25)21-10-8-20(9-11-21)13-15-5-4-12-26-15/h2-7,12,14H,8-11,13H2,1H3,(H,19,23)/t14-/m1/s1. The third kappa shape index (κ3) is 4.46. The van der Waals surface area contributed by atoms with E-state index < -0.39 is 4.92 Å². The van der Waals surface area contributed by atoms with Gasteiger partial charge in [0, 0.05) is 43.7 Å². The number of thiophene rings is 1. The SMILES string of the molecule is C[C@H](C(=O)Nc1ccccc1[N+](=O)[O-])N1CCN(Cc2cccs2)CC1. The van der Waals surface area contributed by atoms with Gasteiger partial charge < -0.3 is 5.32 Å². The monoisotopic (exact) mass is 374 g/mol. The van der Waals surface area contributed by atoms with Gasteiger partial charge in [-0.3, -0.25) is 24.7 Å². The number of nitrogens with one attached hydrogen (secondary N) is 1. The Morgan fingerprint density at radius 1 is 1.23 bits per heavy atom. The molecule has 3 rings (SSSR count). The Hall–Kier alpha value is -2.29. The topological polar surface area (TPSA) is 78.7 Å². The lowest BCUT2D eigenvalue weighted by Gasteiger charge is -2.37. The highest BCUT2D eigenvalue weighted by Gasteiger charge is 2.27. The summed E-state index contributed by atoms with van der Waals surface area (Å²) in [5, 5.41) is 15.9. The number of nitro groups is 1. The van der Waals surface area contributed by atoms with Crippen LogP contribution >= 0.6 is 11.3 Å². The van der Waals surface area contributed by atoms with E-state index in [9.17, 15) is 14.9 Å². The number of hydrogen-bond acceptors (Lipinski definition) is 6. The molecule has 1 fully saturated rings. The number of carbonyl (C=O) groups excluding carboxylic acids is 1. The van der Waals surface area contributed by atoms with Crippen molar-refractivity contribution < 1.29 is 9.72 Å². The van der Waals surface area contributed by atoms with Crippen LogP contribution in [0.25, 0.3) is 0 Å². The highest BCUT2D eigenvalue weighted by Crippen LogP contribution is 2.23. The van der Waals surface area contributed by atoms with Gasteiger partial charge in [-0.2, -0.15) is 0 Å². The van der Waals surface area contributed by atoms with Crippen LogP contribution in [0.5, 0.6) is 0 Å². The minimum Gasteiger partial charge on any atom is -0.319 e. The van der Waals surface area contributed by atoms with E-state index in [1.54, 1.807) is 29.5 Å². The Bertz CT molecular complexity index is 758. The van der Waals surface area contributed by atoms with Crippen LogP contribution in [-0.4, -0.2) is 52.9 Å². The summed E-state index contributed by atoms with van der Waals surface area (Å²) in [7, 11) is 0. The Kier molecular flexibility index (Phi) is 5.97. The molecule has 1 N–H and O–H groups in total. The van der Waals surface area contributed by atoms with Crippen molar-refractivity contribution in [1.29, 1.82) is 0 Å². The zero-order valence-corrected chi connectivity index (χ0v) is 15.4. The minimum atomic E-state index is -0.483. The van der Waals surface area contributed by atoms with Crippen LogP contribution in [-0.2, 0) is 11.3 Å². The molecule has 2 aromatic rings. The molecule has 1 aromatic heterocycles. The van der Waals surface area contributed by atoms with Crippen LogP contribution in [0.3, 0.4) is 0 Å². The number of carbonyl (C=O) groups is 1. The van der Waals surface area contributed by atoms with E-state index in [0.29, 0.717) is 0 Å². The first-order chi connectivity index (χ1) is 12.5. The number of nitrogens with zero attached hydrogens (tertiary/aromatic N) is 3. The Morgan fingerprint density at radius 2 is 1.96 bits per heavy atom. The maximum absolute atomic E-state index is 12.5. The van der Waals surface area contributed by atoms with E-state index in [1.165, 1.54) is 10.9 Å². The van der Waals surface area contributed by atoms with Crippen molar-refractivity contribution >= 4 is 28.6 Å². The molecule has 1 amide bonds. The van der Waals surface area contributed by atoms with E-state index in [0.717, 1.165) is 32.7 Å². The molecule has 1 saturated heterocycles. The molecule has 7 nitrogen and oxygen atoms in total. The van der Waals surface area contributed by atoms with Crippen molar-refractivity contribution in [2.24, 2.45) is 0 Å². The molecule has 0 saturated carbocycles. The molecule has 138 valence electrons. The first-order valence-electron chi connectivity index (χ1n) is 8.57. The third-order valence-corrected chi connectivity index (χ3v) is 5.51. The van der Waals surface area contributed by atoms with Gasteiger partial charge in [0.2, 0.25) is 5.91 Å². The number of benzene rings is 1. The molecule has 26 heavy (non-hydrogen) atoms. The number of hydrogen-bond donors (Lipinski definition) is 1. The summed E-state index contributed by atoms with van der Waals surface area (Å²) in [6, 6.07) is 10.1. The molecule has 0 bridgehead atoms. The number of amides is 1. The second kappa shape index (κ2) is 8.39. The van der Waals surface area contributed by atoms with Crippen molar-refractivity contribution in [2.75, 3.05) is 31.5 Å². The fourth-order valence-corrected chi connectivity index (χ4v) is 3.82. The number of nitro benzene ring substituents is 1. The first kappa shape index (κ1) is 18.5. The fourth-order valence-electron chi connectivity index (χ4n) is 3.07. The molecule has 2 heterocycles. The quantitative estimate of drug-likeness (QED) is 0.621. The molecule has 0 radical (unpaired) electrons. The van der Waals surface area contributed by atoms with Gasteiger partial charge in [-0.1, -0.05) is 18.2 Å². The maximum atomic E-state index is 12.5. The second-order valence-corrected chi connectivity index (χ2v) is 7.36. The molecule has 0 spiro atoms. The van der Waals surface area contributed by atoms with E-state index in [2.05, 4.69) is 32.6 Å². The second-order valence-electron chi connectivity index (χ2n) is 6.33. The lowest BCUT2D eigenvalue weighted by atomic mass is 10.2. The van der Waals surface area contributed by atoms with Gasteiger partial charge in [-0.05, 0) is 24.4 Å². The molecule has 8 heteroatoms.